The molecule has 0 fully saturated rings. The van der Waals surface area contributed by atoms with Gasteiger partial charge in [0, 0.05) is 22.6 Å². The predicted molar refractivity (Wildman–Crippen MR) is 119 cm³/mol. The van der Waals surface area contributed by atoms with Crippen LogP contribution in [-0.2, 0) is 15.3 Å². The summed E-state index contributed by atoms with van der Waals surface area (Å²) in [7, 11) is 3.80. The van der Waals surface area contributed by atoms with E-state index in [1.165, 1.54) is 0 Å². The molecule has 2 aromatic heterocycles. The molecule has 8 heteroatoms. The van der Waals surface area contributed by atoms with Crippen LogP contribution in [0.3, 0.4) is 0 Å². The molecule has 0 aliphatic carbocycles. The molecular formula is C21H26N4O2S2. The first-order valence-electron chi connectivity index (χ1n) is 9.47. The molecule has 0 spiro atoms. The minimum atomic E-state index is -0.277. The van der Waals surface area contributed by atoms with Gasteiger partial charge in [-0.25, -0.2) is 4.98 Å². The number of carbonyl (C=O) groups excluding carboxylic acids is 1. The number of hydrogen-bond donors (Lipinski definition) is 1. The Kier molecular flexibility index (Phi) is 7.57. The second kappa shape index (κ2) is 10.1. The zero-order valence-electron chi connectivity index (χ0n) is 17.1. The van der Waals surface area contributed by atoms with Crippen molar-refractivity contribution in [3.05, 3.63) is 47.8 Å². The third-order valence-electron chi connectivity index (χ3n) is 4.55. The van der Waals surface area contributed by atoms with Gasteiger partial charge in [-0.2, -0.15) is 0 Å². The first-order valence-corrected chi connectivity index (χ1v) is 11.4. The molecule has 0 radical (unpaired) electrons. The summed E-state index contributed by atoms with van der Waals surface area (Å²) >= 11 is 3.30. The lowest BCUT2D eigenvalue weighted by atomic mass is 10.2. The van der Waals surface area contributed by atoms with Crippen molar-refractivity contribution in [3.63, 3.8) is 0 Å². The standard InChI is InChI=1S/C21H26N4O2S2/c1-5-27-20(26)18(25(3)4)13-28-19-10-11-22-17(14(19)2)12-29-21-23-15-8-6-7-9-16(15)24-21/h6-11,18H,5,12-13H2,1-4H3,(H,23,24). The van der Waals surface area contributed by atoms with Crippen LogP contribution in [0.25, 0.3) is 11.0 Å². The third kappa shape index (κ3) is 5.52. The Labute approximate surface area is 179 Å². The van der Waals surface area contributed by atoms with E-state index in [0.717, 1.165) is 38.1 Å². The van der Waals surface area contributed by atoms with Gasteiger partial charge >= 0.3 is 5.97 Å². The molecule has 1 aromatic carbocycles. The van der Waals surface area contributed by atoms with Crippen molar-refractivity contribution < 1.29 is 9.53 Å². The minimum Gasteiger partial charge on any atom is -0.465 e. The second-order valence-corrected chi connectivity index (χ2v) is 8.80. The molecule has 2 heterocycles. The van der Waals surface area contributed by atoms with E-state index in [4.69, 9.17) is 4.74 Å². The Morgan fingerprint density at radius 1 is 1.24 bits per heavy atom. The summed E-state index contributed by atoms with van der Waals surface area (Å²) in [6, 6.07) is 9.74. The third-order valence-corrected chi connectivity index (χ3v) is 6.67. The number of carbonyl (C=O) groups is 1. The number of H-pyrrole nitrogens is 1. The molecule has 1 N–H and O–H groups in total. The number of thioether (sulfide) groups is 2. The lowest BCUT2D eigenvalue weighted by Gasteiger charge is -2.22. The van der Waals surface area contributed by atoms with Crippen LogP contribution in [0.15, 0.2) is 46.6 Å². The molecule has 0 aliphatic rings. The van der Waals surface area contributed by atoms with E-state index in [2.05, 4.69) is 21.9 Å². The van der Waals surface area contributed by atoms with Crippen molar-refractivity contribution in [1.82, 2.24) is 19.9 Å². The Bertz CT molecular complexity index is 941. The lowest BCUT2D eigenvalue weighted by Crippen LogP contribution is -2.39. The van der Waals surface area contributed by atoms with Gasteiger partial charge in [-0.3, -0.25) is 14.7 Å². The molecule has 0 amide bonds. The molecule has 0 bridgehead atoms. The van der Waals surface area contributed by atoms with Crippen LogP contribution < -0.4 is 0 Å². The summed E-state index contributed by atoms with van der Waals surface area (Å²) in [5.41, 5.74) is 4.18. The van der Waals surface area contributed by atoms with Crippen molar-refractivity contribution in [2.45, 2.75) is 35.7 Å². The van der Waals surface area contributed by atoms with Crippen molar-refractivity contribution in [1.29, 1.82) is 0 Å². The quantitative estimate of drug-likeness (QED) is 0.404. The van der Waals surface area contributed by atoms with Gasteiger partial charge in [0.2, 0.25) is 0 Å². The van der Waals surface area contributed by atoms with Gasteiger partial charge in [0.15, 0.2) is 5.16 Å². The maximum absolute atomic E-state index is 12.2. The van der Waals surface area contributed by atoms with Gasteiger partial charge in [0.1, 0.15) is 6.04 Å². The number of hydrogen-bond acceptors (Lipinski definition) is 7. The monoisotopic (exact) mass is 430 g/mol. The summed E-state index contributed by atoms with van der Waals surface area (Å²) < 4.78 is 5.20. The van der Waals surface area contributed by atoms with Gasteiger partial charge in [0.05, 0.1) is 23.3 Å². The maximum atomic E-state index is 12.2. The highest BCUT2D eigenvalue weighted by Crippen LogP contribution is 2.29. The van der Waals surface area contributed by atoms with Crippen molar-refractivity contribution in [2.75, 3.05) is 26.5 Å². The smallest absolute Gasteiger partial charge is 0.324 e. The maximum Gasteiger partial charge on any atom is 0.324 e. The first-order chi connectivity index (χ1) is 14.0. The van der Waals surface area contributed by atoms with Crippen LogP contribution in [0.2, 0.25) is 0 Å². The average Bonchev–Trinajstić information content (AvgIpc) is 3.11. The topological polar surface area (TPSA) is 71.1 Å². The zero-order chi connectivity index (χ0) is 20.8. The summed E-state index contributed by atoms with van der Waals surface area (Å²) in [6.07, 6.45) is 1.83. The van der Waals surface area contributed by atoms with Crippen LogP contribution in [0, 0.1) is 6.92 Å². The molecule has 154 valence electrons. The van der Waals surface area contributed by atoms with E-state index >= 15 is 0 Å². The molecule has 29 heavy (non-hydrogen) atoms. The zero-order valence-corrected chi connectivity index (χ0v) is 18.8. The SMILES string of the molecule is CCOC(=O)C(CSc1ccnc(CSc2nc3ccccc3[nH]2)c1C)N(C)C. The number of benzene rings is 1. The fourth-order valence-electron chi connectivity index (χ4n) is 2.83. The number of aromatic nitrogens is 3. The van der Waals surface area contributed by atoms with Gasteiger partial charge in [0.25, 0.3) is 0 Å². The Balaban J connectivity index is 1.66. The van der Waals surface area contributed by atoms with Crippen LogP contribution >= 0.6 is 23.5 Å². The van der Waals surface area contributed by atoms with Crippen molar-refractivity contribution in [2.24, 2.45) is 0 Å². The summed E-state index contributed by atoms with van der Waals surface area (Å²) in [5.74, 6) is 1.18. The molecule has 0 saturated carbocycles. The molecule has 3 rings (SSSR count). The van der Waals surface area contributed by atoms with Crippen LogP contribution in [0.1, 0.15) is 18.2 Å². The molecule has 3 aromatic rings. The predicted octanol–water partition coefficient (Wildman–Crippen LogP) is 4.14. The van der Waals surface area contributed by atoms with E-state index in [-0.39, 0.29) is 12.0 Å². The minimum absolute atomic E-state index is 0.183. The molecule has 1 atom stereocenters. The average molecular weight is 431 g/mol. The van der Waals surface area contributed by atoms with Crippen LogP contribution in [0.4, 0.5) is 0 Å². The fraction of sp³-hybridized carbons (Fsp3) is 0.381. The highest BCUT2D eigenvalue weighted by molar-refractivity contribution is 7.99. The molecular weight excluding hydrogens is 404 g/mol. The van der Waals surface area contributed by atoms with Gasteiger partial charge in [-0.05, 0) is 51.7 Å². The van der Waals surface area contributed by atoms with E-state index in [1.807, 2.05) is 62.4 Å². The number of imidazole rings is 1. The highest BCUT2D eigenvalue weighted by Gasteiger charge is 2.22. The Morgan fingerprint density at radius 3 is 2.76 bits per heavy atom. The first kappa shape index (κ1) is 21.7. The number of aromatic amines is 1. The number of pyridine rings is 1. The Morgan fingerprint density at radius 2 is 2.03 bits per heavy atom. The van der Waals surface area contributed by atoms with Gasteiger partial charge in [-0.1, -0.05) is 23.9 Å². The number of nitrogens with one attached hydrogen (secondary N) is 1. The second-order valence-electron chi connectivity index (χ2n) is 6.77. The lowest BCUT2D eigenvalue weighted by molar-refractivity contribution is -0.147. The summed E-state index contributed by atoms with van der Waals surface area (Å²) in [4.78, 5) is 27.7. The largest absolute Gasteiger partial charge is 0.465 e. The van der Waals surface area contributed by atoms with Crippen LogP contribution in [0.5, 0.6) is 0 Å². The number of para-hydroxylation sites is 2. The molecule has 0 aliphatic heterocycles. The molecule has 0 saturated heterocycles. The number of esters is 1. The van der Waals surface area contributed by atoms with E-state index in [1.54, 1.807) is 23.5 Å². The van der Waals surface area contributed by atoms with Crippen molar-refractivity contribution >= 4 is 40.5 Å². The summed E-state index contributed by atoms with van der Waals surface area (Å²) in [6.45, 7) is 4.31. The molecule has 6 nitrogen and oxygen atoms in total. The van der Waals surface area contributed by atoms with E-state index in [9.17, 15) is 4.79 Å². The van der Waals surface area contributed by atoms with E-state index in [0.29, 0.717) is 12.4 Å². The van der Waals surface area contributed by atoms with E-state index < -0.39 is 0 Å². The fourth-order valence-corrected chi connectivity index (χ4v) is 5.00. The number of nitrogens with zero attached hydrogens (tertiary/aromatic N) is 3. The van der Waals surface area contributed by atoms with Crippen molar-refractivity contribution in [3.8, 4) is 0 Å². The van der Waals surface area contributed by atoms with Gasteiger partial charge < -0.3 is 9.72 Å². The van der Waals surface area contributed by atoms with Crippen LogP contribution in [-0.4, -0.2) is 58.3 Å². The molecule has 1 unspecified atom stereocenters. The number of fused-ring (bicyclic) bond motifs is 1. The van der Waals surface area contributed by atoms with Gasteiger partial charge in [-0.15, -0.1) is 11.8 Å². The number of rotatable bonds is 9. The highest BCUT2D eigenvalue weighted by atomic mass is 32.2. The summed E-state index contributed by atoms with van der Waals surface area (Å²) in [5, 5.41) is 0.889. The Hall–Kier alpha value is -2.03. The number of likely N-dealkylation sites (N-methyl/N-ethyl adjacent to an activating group) is 1. The normalized spacial score (nSPS) is 12.4. The number of ether oxygens (including phenoxy) is 1.